The highest BCUT2D eigenvalue weighted by atomic mass is 79.9. The molecule has 0 unspecified atom stereocenters. The van der Waals surface area contributed by atoms with Crippen molar-refractivity contribution in [3.63, 3.8) is 0 Å². The molecule has 1 fully saturated rings. The van der Waals surface area contributed by atoms with Crippen molar-refractivity contribution in [2.75, 3.05) is 13.1 Å². The second kappa shape index (κ2) is 8.59. The quantitative estimate of drug-likeness (QED) is 0.794. The van der Waals surface area contributed by atoms with Crippen LogP contribution in [0, 0.1) is 5.82 Å². The number of benzene rings is 2. The minimum Gasteiger partial charge on any atom is -0.348 e. The van der Waals surface area contributed by atoms with Gasteiger partial charge in [0, 0.05) is 17.6 Å². The first-order valence-electron chi connectivity index (χ1n) is 8.66. The van der Waals surface area contributed by atoms with Crippen LogP contribution in [0.25, 0.3) is 0 Å². The summed E-state index contributed by atoms with van der Waals surface area (Å²) in [6.07, 6.45) is 3.83. The van der Waals surface area contributed by atoms with Crippen LogP contribution >= 0.6 is 15.9 Å². The number of halogens is 2. The molecule has 132 valence electrons. The first kappa shape index (κ1) is 18.1. The molecule has 3 rings (SSSR count). The fourth-order valence-electron chi connectivity index (χ4n) is 3.18. The highest BCUT2D eigenvalue weighted by molar-refractivity contribution is 9.10. The van der Waals surface area contributed by atoms with Gasteiger partial charge in [-0.15, -0.1) is 0 Å². The maximum Gasteiger partial charge on any atom is 0.252 e. The Kier molecular flexibility index (Phi) is 6.21. The van der Waals surface area contributed by atoms with E-state index >= 15 is 0 Å². The molecule has 1 N–H and O–H groups in total. The summed E-state index contributed by atoms with van der Waals surface area (Å²) in [5, 5.41) is 2.91. The van der Waals surface area contributed by atoms with Gasteiger partial charge in [0.25, 0.3) is 5.91 Å². The van der Waals surface area contributed by atoms with Crippen LogP contribution in [-0.2, 0) is 13.1 Å². The third-order valence-corrected chi connectivity index (χ3v) is 5.26. The summed E-state index contributed by atoms with van der Waals surface area (Å²) in [6, 6.07) is 12.3. The zero-order chi connectivity index (χ0) is 17.6. The largest absolute Gasteiger partial charge is 0.348 e. The van der Waals surface area contributed by atoms with Gasteiger partial charge in [0.2, 0.25) is 0 Å². The molecule has 0 bridgehead atoms. The third kappa shape index (κ3) is 4.89. The topological polar surface area (TPSA) is 32.3 Å². The van der Waals surface area contributed by atoms with Crippen LogP contribution in [0.5, 0.6) is 0 Å². The number of hydrogen-bond acceptors (Lipinski definition) is 2. The maximum absolute atomic E-state index is 13.4. The number of rotatable bonds is 5. The van der Waals surface area contributed by atoms with Gasteiger partial charge < -0.3 is 5.32 Å². The number of nitrogens with zero attached hydrogens (tertiary/aromatic N) is 1. The van der Waals surface area contributed by atoms with Crippen LogP contribution in [0.2, 0.25) is 0 Å². The predicted molar refractivity (Wildman–Crippen MR) is 101 cm³/mol. The van der Waals surface area contributed by atoms with Crippen molar-refractivity contribution in [3.8, 4) is 0 Å². The van der Waals surface area contributed by atoms with E-state index in [1.807, 2.05) is 18.2 Å². The lowest BCUT2D eigenvalue weighted by Crippen LogP contribution is -2.30. The highest BCUT2D eigenvalue weighted by Crippen LogP contribution is 2.19. The van der Waals surface area contributed by atoms with Gasteiger partial charge in [-0.05, 0) is 71.2 Å². The molecule has 0 spiro atoms. The maximum atomic E-state index is 13.4. The second-order valence-corrected chi connectivity index (χ2v) is 7.27. The van der Waals surface area contributed by atoms with Crippen molar-refractivity contribution < 1.29 is 9.18 Å². The molecule has 0 saturated carbocycles. The lowest BCUT2D eigenvalue weighted by molar-refractivity contribution is 0.0949. The van der Waals surface area contributed by atoms with Gasteiger partial charge in [0.15, 0.2) is 0 Å². The first-order valence-corrected chi connectivity index (χ1v) is 9.45. The number of hydrogen-bond donors (Lipinski definition) is 1. The van der Waals surface area contributed by atoms with Crippen molar-refractivity contribution in [1.82, 2.24) is 10.2 Å². The van der Waals surface area contributed by atoms with Gasteiger partial charge in [-0.25, -0.2) is 4.39 Å². The fourth-order valence-corrected chi connectivity index (χ4v) is 3.61. The van der Waals surface area contributed by atoms with E-state index in [2.05, 4.69) is 32.2 Å². The fraction of sp³-hybridized carbons (Fsp3) is 0.350. The molecule has 1 amide bonds. The van der Waals surface area contributed by atoms with E-state index in [4.69, 9.17) is 0 Å². The van der Waals surface area contributed by atoms with E-state index in [9.17, 15) is 9.18 Å². The van der Waals surface area contributed by atoms with Gasteiger partial charge >= 0.3 is 0 Å². The molecular weight excluding hydrogens is 383 g/mol. The van der Waals surface area contributed by atoms with Gasteiger partial charge in [-0.2, -0.15) is 0 Å². The van der Waals surface area contributed by atoms with Crippen LogP contribution in [-0.4, -0.2) is 23.9 Å². The Bertz CT molecular complexity index is 744. The molecule has 2 aromatic rings. The molecule has 5 heteroatoms. The van der Waals surface area contributed by atoms with Crippen LogP contribution in [0.1, 0.15) is 40.7 Å². The highest BCUT2D eigenvalue weighted by Gasteiger charge is 2.14. The first-order chi connectivity index (χ1) is 12.1. The summed E-state index contributed by atoms with van der Waals surface area (Å²) in [6.45, 7) is 3.62. The molecule has 1 aliphatic rings. The summed E-state index contributed by atoms with van der Waals surface area (Å²) in [5.74, 6) is -0.696. The Hall–Kier alpha value is -1.72. The van der Waals surface area contributed by atoms with E-state index in [-0.39, 0.29) is 5.91 Å². The average molecular weight is 405 g/mol. The lowest BCUT2D eigenvalue weighted by atomic mass is 10.0. The van der Waals surface area contributed by atoms with Crippen LogP contribution in [0.15, 0.2) is 46.9 Å². The van der Waals surface area contributed by atoms with Crippen molar-refractivity contribution in [2.24, 2.45) is 0 Å². The summed E-state index contributed by atoms with van der Waals surface area (Å²) >= 11 is 3.30. The Morgan fingerprint density at radius 1 is 1.08 bits per heavy atom. The molecule has 1 saturated heterocycles. The number of likely N-dealkylation sites (tertiary alicyclic amines) is 1. The molecule has 1 aliphatic heterocycles. The number of carbonyl (C=O) groups is 1. The van der Waals surface area contributed by atoms with Crippen molar-refractivity contribution >= 4 is 21.8 Å². The molecule has 0 aliphatic carbocycles. The van der Waals surface area contributed by atoms with Crippen LogP contribution < -0.4 is 5.32 Å². The average Bonchev–Trinajstić information content (AvgIpc) is 2.63. The standard InChI is InChI=1S/C20H22BrFN2O/c21-19-9-8-17(22)12-18(19)20(25)23-13-15-6-2-3-7-16(15)14-24-10-4-1-5-11-24/h2-3,6-9,12H,1,4-5,10-11,13-14H2,(H,23,25). The van der Waals surface area contributed by atoms with Gasteiger partial charge in [-0.1, -0.05) is 30.7 Å². The normalized spacial score (nSPS) is 15.1. The van der Waals surface area contributed by atoms with E-state index in [0.717, 1.165) is 25.2 Å². The summed E-state index contributed by atoms with van der Waals surface area (Å²) in [5.41, 5.74) is 2.66. The number of nitrogens with one attached hydrogen (secondary N) is 1. The SMILES string of the molecule is O=C(NCc1ccccc1CN1CCCCC1)c1cc(F)ccc1Br. The minimum absolute atomic E-state index is 0.279. The number of amides is 1. The van der Waals surface area contributed by atoms with Crippen molar-refractivity contribution in [2.45, 2.75) is 32.4 Å². The van der Waals surface area contributed by atoms with E-state index < -0.39 is 5.82 Å². The van der Waals surface area contributed by atoms with Crippen LogP contribution in [0.3, 0.4) is 0 Å². The Balaban J connectivity index is 1.66. The third-order valence-electron chi connectivity index (χ3n) is 4.57. The van der Waals surface area contributed by atoms with Gasteiger partial charge in [0.05, 0.1) is 5.56 Å². The molecular formula is C20H22BrFN2O. The molecule has 0 aromatic heterocycles. The van der Waals surface area contributed by atoms with Crippen LogP contribution in [0.4, 0.5) is 4.39 Å². The van der Waals surface area contributed by atoms with Crippen molar-refractivity contribution in [3.05, 3.63) is 69.4 Å². The Morgan fingerprint density at radius 2 is 1.80 bits per heavy atom. The smallest absolute Gasteiger partial charge is 0.252 e. The molecule has 0 atom stereocenters. The molecule has 1 heterocycles. The summed E-state index contributed by atoms with van der Waals surface area (Å²) in [7, 11) is 0. The molecule has 3 nitrogen and oxygen atoms in total. The lowest BCUT2D eigenvalue weighted by Gasteiger charge is -2.27. The molecule has 2 aromatic carbocycles. The molecule has 0 radical (unpaired) electrons. The Labute approximate surface area is 156 Å². The monoisotopic (exact) mass is 404 g/mol. The second-order valence-electron chi connectivity index (χ2n) is 6.41. The zero-order valence-electron chi connectivity index (χ0n) is 14.1. The van der Waals surface area contributed by atoms with E-state index in [1.54, 1.807) is 6.07 Å². The van der Waals surface area contributed by atoms with Crippen molar-refractivity contribution in [1.29, 1.82) is 0 Å². The van der Waals surface area contributed by atoms with E-state index in [0.29, 0.717) is 16.6 Å². The van der Waals surface area contributed by atoms with E-state index in [1.165, 1.54) is 37.0 Å². The number of carbonyl (C=O) groups excluding carboxylic acids is 1. The minimum atomic E-state index is -0.418. The summed E-state index contributed by atoms with van der Waals surface area (Å²) < 4.78 is 14.0. The van der Waals surface area contributed by atoms with Gasteiger partial charge in [0.1, 0.15) is 5.82 Å². The zero-order valence-corrected chi connectivity index (χ0v) is 15.7. The van der Waals surface area contributed by atoms with Gasteiger partial charge in [-0.3, -0.25) is 9.69 Å². The Morgan fingerprint density at radius 3 is 2.56 bits per heavy atom. The number of piperidine rings is 1. The predicted octanol–water partition coefficient (Wildman–Crippen LogP) is 4.50. The summed E-state index contributed by atoms with van der Waals surface area (Å²) in [4.78, 5) is 14.8. The molecule has 25 heavy (non-hydrogen) atoms.